The molecule has 0 aliphatic heterocycles. The number of anilines is 1. The average Bonchev–Trinajstić information content (AvgIpc) is 3.11. The number of benzene rings is 2. The monoisotopic (exact) mass is 422 g/mol. The number of hydrogen-bond acceptors (Lipinski definition) is 6. The van der Waals surface area contributed by atoms with E-state index in [0.29, 0.717) is 5.01 Å². The summed E-state index contributed by atoms with van der Waals surface area (Å²) in [6.07, 6.45) is 0. The minimum Gasteiger partial charge on any atom is -0.296 e. The topological polar surface area (TPSA) is 92.3 Å². The third-order valence-corrected chi connectivity index (χ3v) is 6.66. The summed E-state index contributed by atoms with van der Waals surface area (Å²) in [5.41, 5.74) is 0.920. The fraction of sp³-hybridized carbons (Fsp3) is 0.118. The molecule has 0 radical (unpaired) electrons. The van der Waals surface area contributed by atoms with Gasteiger partial charge in [-0.25, -0.2) is 12.7 Å². The van der Waals surface area contributed by atoms with E-state index in [2.05, 4.69) is 15.5 Å². The van der Waals surface area contributed by atoms with Crippen LogP contribution in [-0.4, -0.2) is 42.9 Å². The van der Waals surface area contributed by atoms with E-state index < -0.39 is 15.9 Å². The highest BCUT2D eigenvalue weighted by atomic mass is 35.5. The number of sulfonamides is 1. The Morgan fingerprint density at radius 2 is 1.81 bits per heavy atom. The molecule has 0 aliphatic rings. The van der Waals surface area contributed by atoms with Gasteiger partial charge < -0.3 is 0 Å². The predicted molar refractivity (Wildman–Crippen MR) is 106 cm³/mol. The molecule has 0 fully saturated rings. The molecule has 3 rings (SSSR count). The van der Waals surface area contributed by atoms with Crippen LogP contribution in [-0.2, 0) is 10.0 Å². The molecule has 0 saturated heterocycles. The highest BCUT2D eigenvalue weighted by molar-refractivity contribution is 7.89. The molecule has 0 bridgehead atoms. The fourth-order valence-corrected chi connectivity index (χ4v) is 4.06. The Bertz CT molecular complexity index is 1080. The molecule has 140 valence electrons. The lowest BCUT2D eigenvalue weighted by Gasteiger charge is -2.12. The molecule has 1 amide bonds. The first-order chi connectivity index (χ1) is 12.8. The fourth-order valence-electron chi connectivity index (χ4n) is 2.19. The van der Waals surface area contributed by atoms with Crippen molar-refractivity contribution >= 4 is 44.0 Å². The maximum Gasteiger partial charge on any atom is 0.259 e. The zero-order valence-corrected chi connectivity index (χ0v) is 16.8. The minimum absolute atomic E-state index is 0.0238. The zero-order valence-electron chi connectivity index (χ0n) is 14.4. The molecule has 0 saturated carbocycles. The van der Waals surface area contributed by atoms with Crippen molar-refractivity contribution in [3.05, 3.63) is 59.1 Å². The van der Waals surface area contributed by atoms with Crippen LogP contribution in [0.25, 0.3) is 10.6 Å². The molecule has 1 N–H and O–H groups in total. The first-order valence-electron chi connectivity index (χ1n) is 7.71. The van der Waals surface area contributed by atoms with Crippen molar-refractivity contribution in [3.8, 4) is 10.6 Å². The molecule has 27 heavy (non-hydrogen) atoms. The molecular weight excluding hydrogens is 408 g/mol. The van der Waals surface area contributed by atoms with Gasteiger partial charge in [-0.15, -0.1) is 10.2 Å². The maximum absolute atomic E-state index is 12.6. The van der Waals surface area contributed by atoms with Crippen LogP contribution < -0.4 is 5.32 Å². The van der Waals surface area contributed by atoms with Crippen molar-refractivity contribution in [2.75, 3.05) is 19.4 Å². The van der Waals surface area contributed by atoms with Crippen molar-refractivity contribution in [2.45, 2.75) is 4.90 Å². The summed E-state index contributed by atoms with van der Waals surface area (Å²) in [4.78, 5) is 12.5. The Hall–Kier alpha value is -2.33. The van der Waals surface area contributed by atoms with Crippen LogP contribution in [0.15, 0.2) is 53.4 Å². The van der Waals surface area contributed by atoms with Crippen LogP contribution in [0.4, 0.5) is 5.13 Å². The van der Waals surface area contributed by atoms with E-state index in [1.807, 2.05) is 30.3 Å². The van der Waals surface area contributed by atoms with Crippen LogP contribution in [0.1, 0.15) is 10.4 Å². The van der Waals surface area contributed by atoms with Gasteiger partial charge in [0.25, 0.3) is 5.91 Å². The molecule has 3 aromatic rings. The smallest absolute Gasteiger partial charge is 0.259 e. The Balaban J connectivity index is 1.86. The normalized spacial score (nSPS) is 11.6. The van der Waals surface area contributed by atoms with E-state index in [0.717, 1.165) is 9.87 Å². The largest absolute Gasteiger partial charge is 0.296 e. The summed E-state index contributed by atoms with van der Waals surface area (Å²) in [7, 11) is -0.860. The summed E-state index contributed by atoms with van der Waals surface area (Å²) in [5.74, 6) is -0.563. The molecule has 1 heterocycles. The van der Waals surface area contributed by atoms with Crippen LogP contribution in [0, 0.1) is 0 Å². The number of amides is 1. The second-order valence-electron chi connectivity index (χ2n) is 5.66. The third-order valence-electron chi connectivity index (χ3n) is 3.63. The number of nitrogens with one attached hydrogen (secondary N) is 1. The minimum atomic E-state index is -3.69. The highest BCUT2D eigenvalue weighted by Gasteiger charge is 2.21. The van der Waals surface area contributed by atoms with Gasteiger partial charge in [0.05, 0.1) is 15.5 Å². The summed E-state index contributed by atoms with van der Waals surface area (Å²) < 4.78 is 25.6. The quantitative estimate of drug-likeness (QED) is 0.680. The van der Waals surface area contributed by atoms with Gasteiger partial charge in [0.1, 0.15) is 5.01 Å². The first-order valence-corrected chi connectivity index (χ1v) is 10.3. The number of nitrogens with zero attached hydrogens (tertiary/aromatic N) is 3. The summed E-state index contributed by atoms with van der Waals surface area (Å²) in [5, 5.41) is 11.7. The van der Waals surface area contributed by atoms with E-state index in [1.165, 1.54) is 43.6 Å². The van der Waals surface area contributed by atoms with Crippen molar-refractivity contribution in [1.82, 2.24) is 14.5 Å². The van der Waals surface area contributed by atoms with Crippen LogP contribution in [0.2, 0.25) is 5.02 Å². The van der Waals surface area contributed by atoms with Gasteiger partial charge in [-0.2, -0.15) is 0 Å². The van der Waals surface area contributed by atoms with E-state index in [1.54, 1.807) is 0 Å². The van der Waals surface area contributed by atoms with E-state index in [4.69, 9.17) is 11.6 Å². The molecule has 10 heteroatoms. The Labute approximate surface area is 165 Å². The van der Waals surface area contributed by atoms with Crippen molar-refractivity contribution in [3.63, 3.8) is 0 Å². The molecule has 2 aromatic carbocycles. The Morgan fingerprint density at radius 3 is 2.48 bits per heavy atom. The van der Waals surface area contributed by atoms with Gasteiger partial charge in [0, 0.05) is 19.7 Å². The first kappa shape index (κ1) is 19.4. The standard InChI is InChI=1S/C17H15ClN4O3S2/c1-22(2)27(24,25)12-8-9-14(18)13(10-12)15(23)19-17-21-20-16(26-17)11-6-4-3-5-7-11/h3-10H,1-2H3,(H,19,21,23). The number of carbonyl (C=O) groups excluding carboxylic acids is 1. The van der Waals surface area contributed by atoms with Crippen LogP contribution >= 0.6 is 22.9 Å². The highest BCUT2D eigenvalue weighted by Crippen LogP contribution is 2.27. The van der Waals surface area contributed by atoms with Gasteiger partial charge in [-0.3, -0.25) is 10.1 Å². The number of hydrogen-bond donors (Lipinski definition) is 1. The number of carbonyl (C=O) groups is 1. The van der Waals surface area contributed by atoms with E-state index >= 15 is 0 Å². The molecule has 1 aromatic heterocycles. The summed E-state index contributed by atoms with van der Waals surface area (Å²) in [6.45, 7) is 0. The predicted octanol–water partition coefficient (Wildman–Crippen LogP) is 3.36. The van der Waals surface area contributed by atoms with Gasteiger partial charge in [0.15, 0.2) is 0 Å². The van der Waals surface area contributed by atoms with Crippen molar-refractivity contribution < 1.29 is 13.2 Å². The van der Waals surface area contributed by atoms with Gasteiger partial charge >= 0.3 is 0 Å². The Kier molecular flexibility index (Phi) is 5.56. The molecule has 7 nitrogen and oxygen atoms in total. The summed E-state index contributed by atoms with van der Waals surface area (Å²) >= 11 is 7.29. The summed E-state index contributed by atoms with van der Waals surface area (Å²) in [6, 6.07) is 13.4. The van der Waals surface area contributed by atoms with Crippen molar-refractivity contribution in [2.24, 2.45) is 0 Å². The molecular formula is C17H15ClN4O3S2. The van der Waals surface area contributed by atoms with E-state index in [9.17, 15) is 13.2 Å². The number of rotatable bonds is 5. The molecule has 0 unspecified atom stereocenters. The zero-order chi connectivity index (χ0) is 19.6. The second kappa shape index (κ2) is 7.73. The molecule has 0 atom stereocenters. The number of halogens is 1. The third kappa shape index (κ3) is 4.16. The van der Waals surface area contributed by atoms with Gasteiger partial charge in [-0.05, 0) is 18.2 Å². The van der Waals surface area contributed by atoms with Crippen molar-refractivity contribution in [1.29, 1.82) is 0 Å². The second-order valence-corrected chi connectivity index (χ2v) is 9.20. The maximum atomic E-state index is 12.6. The van der Waals surface area contributed by atoms with Crippen LogP contribution in [0.5, 0.6) is 0 Å². The molecule has 0 spiro atoms. The molecule has 0 aliphatic carbocycles. The number of aromatic nitrogens is 2. The van der Waals surface area contributed by atoms with Gasteiger partial charge in [-0.1, -0.05) is 53.3 Å². The lowest BCUT2D eigenvalue weighted by Crippen LogP contribution is -2.23. The Morgan fingerprint density at radius 1 is 1.11 bits per heavy atom. The lowest BCUT2D eigenvalue weighted by atomic mass is 10.2. The van der Waals surface area contributed by atoms with E-state index in [-0.39, 0.29) is 20.6 Å². The SMILES string of the molecule is CN(C)S(=O)(=O)c1ccc(Cl)c(C(=O)Nc2nnc(-c3ccccc3)s2)c1. The average molecular weight is 423 g/mol. The lowest BCUT2D eigenvalue weighted by molar-refractivity contribution is 0.102. The van der Waals surface area contributed by atoms with Gasteiger partial charge in [0.2, 0.25) is 15.2 Å². The van der Waals surface area contributed by atoms with Crippen LogP contribution in [0.3, 0.4) is 0 Å².